The number of carbonyl (C=O) groups is 2. The fourth-order valence-electron chi connectivity index (χ4n) is 9.53. The zero-order chi connectivity index (χ0) is 58.9. The maximum absolute atomic E-state index is 13.6. The predicted molar refractivity (Wildman–Crippen MR) is 312 cm³/mol. The van der Waals surface area contributed by atoms with Crippen molar-refractivity contribution in [3.05, 3.63) is 160 Å². The summed E-state index contributed by atoms with van der Waals surface area (Å²) < 4.78 is 70.4. The number of halogens is 2. The quantitative estimate of drug-likeness (QED) is 0.0360. The summed E-state index contributed by atoms with van der Waals surface area (Å²) in [6, 6.07) is 22.2. The third-order valence-electron chi connectivity index (χ3n) is 15.0. The van der Waals surface area contributed by atoms with Gasteiger partial charge >= 0.3 is 11.1 Å². The summed E-state index contributed by atoms with van der Waals surface area (Å²) in [7, 11) is -7.47. The summed E-state index contributed by atoms with van der Waals surface area (Å²) >= 11 is 12.3. The molecule has 0 unspecified atom stereocenters. The van der Waals surface area contributed by atoms with Crippen LogP contribution in [0.15, 0.2) is 107 Å². The van der Waals surface area contributed by atoms with E-state index in [-0.39, 0.29) is 89.9 Å². The molecule has 2 saturated carbocycles. The van der Waals surface area contributed by atoms with E-state index in [4.69, 9.17) is 38.4 Å². The average Bonchev–Trinajstić information content (AvgIpc) is 4.43. The van der Waals surface area contributed by atoms with Gasteiger partial charge in [-0.3, -0.25) is 29.3 Å². The third kappa shape index (κ3) is 13.8. The molecule has 26 heteroatoms. The lowest BCUT2D eigenvalue weighted by Crippen LogP contribution is -2.49. The number of hydrogen-bond acceptors (Lipinski definition) is 17. The van der Waals surface area contributed by atoms with Crippen LogP contribution in [0.1, 0.15) is 85.2 Å². The van der Waals surface area contributed by atoms with Gasteiger partial charge in [0.15, 0.2) is 11.6 Å². The minimum Gasteiger partial charge on any atom is -0.486 e. The highest BCUT2D eigenvalue weighted by atomic mass is 35.5. The summed E-state index contributed by atoms with van der Waals surface area (Å²) in [5.74, 6) is -0.980. The number of sulfonamides is 2. The number of rotatable bonds is 19. The molecule has 2 aromatic heterocycles. The van der Waals surface area contributed by atoms with Crippen molar-refractivity contribution in [3.8, 4) is 22.9 Å². The van der Waals surface area contributed by atoms with Crippen LogP contribution in [0.2, 0.25) is 10.0 Å². The van der Waals surface area contributed by atoms with Gasteiger partial charge in [-0.15, -0.1) is 0 Å². The van der Waals surface area contributed by atoms with Gasteiger partial charge in [-0.1, -0.05) is 61.3 Å². The number of ketones is 2. The molecule has 22 nitrogen and oxygen atoms in total. The van der Waals surface area contributed by atoms with Gasteiger partial charge in [0.2, 0.25) is 31.5 Å². The van der Waals surface area contributed by atoms with Crippen LogP contribution in [-0.4, -0.2) is 127 Å². The van der Waals surface area contributed by atoms with Crippen LogP contribution in [0.3, 0.4) is 0 Å². The fourth-order valence-corrected chi connectivity index (χ4v) is 12.9. The Bertz CT molecular complexity index is 3820. The largest absolute Gasteiger partial charge is 0.486 e. The number of aromatic nitrogens is 4. The Balaban J connectivity index is 0.000000198. The summed E-state index contributed by atoms with van der Waals surface area (Å²) in [5, 5.41) is 21.1. The van der Waals surface area contributed by atoms with Crippen LogP contribution in [0.25, 0.3) is 11.4 Å². The van der Waals surface area contributed by atoms with Gasteiger partial charge < -0.3 is 25.0 Å². The normalized spacial score (nSPS) is 16.9. The van der Waals surface area contributed by atoms with E-state index in [0.717, 1.165) is 31.7 Å². The molecule has 10 rings (SSSR count). The van der Waals surface area contributed by atoms with Gasteiger partial charge in [0.25, 0.3) is 5.69 Å². The summed E-state index contributed by atoms with van der Waals surface area (Å²) in [4.78, 5) is 65.1. The Morgan fingerprint density at radius 2 is 1.02 bits per heavy atom. The first-order chi connectivity index (χ1) is 38.8. The minimum atomic E-state index is -3.83. The van der Waals surface area contributed by atoms with E-state index in [0.29, 0.717) is 70.2 Å². The molecule has 4 aromatic carbocycles. The molecule has 0 bridgehead atoms. The van der Waals surface area contributed by atoms with Crippen molar-refractivity contribution in [3.63, 3.8) is 0 Å². The van der Waals surface area contributed by atoms with Crippen LogP contribution in [0.5, 0.6) is 11.5 Å². The number of anilines is 3. The lowest BCUT2D eigenvalue weighted by atomic mass is 10.1. The van der Waals surface area contributed by atoms with Gasteiger partial charge in [-0.2, -0.15) is 28.2 Å². The second-order valence-corrected chi connectivity index (χ2v) is 26.5. The molecule has 2 aliphatic carbocycles. The highest BCUT2D eigenvalue weighted by Gasteiger charge is 2.40. The van der Waals surface area contributed by atoms with Gasteiger partial charge in [-0.25, -0.2) is 16.8 Å². The standard InChI is InChI=1S/C28H30ClN5O7S.C28H32ClN5O5S/c1-19(35)23-7-6-20(14-24(23)34(37)38)17-42(39,40)32-12-10-31(11-13-32)25-16-30-33(22-5-3-4-21(29)15-22)27(36)26(25)41-18-28(2)8-9-28;1-19(35)23-7-6-20(14-24(23)30)17-40(37,38)33-12-10-32(11-13-33)25-16-31-34(22-5-3-4-21(29)15-22)27(36)26(25)39-18-28(2)8-9-28/h3-7,14-16H,8-13,17-18H2,1-2H3;3-7,14-16H,8-13,17-18,30H2,1-2H3. The predicted octanol–water partition coefficient (Wildman–Crippen LogP) is 7.33. The summed E-state index contributed by atoms with van der Waals surface area (Å²) in [6.45, 7) is 9.63. The minimum absolute atomic E-state index is 0.0122. The maximum Gasteiger partial charge on any atom is 0.316 e. The van der Waals surface area contributed by atoms with Crippen LogP contribution < -0.4 is 36.1 Å². The molecule has 4 heterocycles. The average molecular weight is 1200 g/mol. The molecular weight excluding hydrogens is 1140 g/mol. The van der Waals surface area contributed by atoms with Crippen molar-refractivity contribution >= 4 is 77.6 Å². The number of nitrogen functional groups attached to an aromatic ring is 1. The third-order valence-corrected chi connectivity index (χ3v) is 19.2. The molecule has 4 fully saturated rings. The number of ether oxygens (including phenoxy) is 2. The van der Waals surface area contributed by atoms with Crippen molar-refractivity contribution in [2.75, 3.05) is 81.1 Å². The number of carbonyl (C=O) groups excluding carboxylic acids is 2. The molecule has 2 aliphatic heterocycles. The van der Waals surface area contributed by atoms with E-state index in [1.807, 2.05) is 9.80 Å². The van der Waals surface area contributed by atoms with Crippen LogP contribution in [0, 0.1) is 20.9 Å². The lowest BCUT2D eigenvalue weighted by molar-refractivity contribution is -0.385. The molecule has 434 valence electrons. The zero-order valence-corrected chi connectivity index (χ0v) is 48.8. The first kappa shape index (κ1) is 59.4. The summed E-state index contributed by atoms with van der Waals surface area (Å²) in [5.41, 5.74) is 8.08. The van der Waals surface area contributed by atoms with Gasteiger partial charge in [0, 0.05) is 90.6 Å². The Morgan fingerprint density at radius 3 is 1.39 bits per heavy atom. The Kier molecular flexibility index (Phi) is 17.3. The number of nitro benzene ring substituents is 1. The topological polar surface area (TPSA) is 273 Å². The number of benzene rings is 4. The van der Waals surface area contributed by atoms with Crippen LogP contribution >= 0.6 is 23.2 Å². The van der Waals surface area contributed by atoms with E-state index in [2.05, 4.69) is 24.0 Å². The molecule has 2 N–H and O–H groups in total. The van der Waals surface area contributed by atoms with E-state index < -0.39 is 53.3 Å². The van der Waals surface area contributed by atoms with E-state index in [9.17, 15) is 46.1 Å². The van der Waals surface area contributed by atoms with Crippen molar-refractivity contribution in [2.24, 2.45) is 10.8 Å². The maximum atomic E-state index is 13.6. The Hall–Kier alpha value is -7.22. The number of Topliss-reactive ketones (excluding diaryl/α,β-unsaturated/α-hetero) is 2. The van der Waals surface area contributed by atoms with Crippen molar-refractivity contribution in [2.45, 2.75) is 64.9 Å². The summed E-state index contributed by atoms with van der Waals surface area (Å²) in [6.07, 6.45) is 7.23. The van der Waals surface area contributed by atoms with Crippen LogP contribution in [-0.2, 0) is 31.6 Å². The SMILES string of the molecule is CC(=O)c1ccc(CS(=O)(=O)N2CCN(c3cnn(-c4cccc(Cl)c4)c(=O)c3OCC3(C)CC3)CC2)cc1N.CC(=O)c1ccc(CS(=O)(=O)N2CCN(c3cnn(-c4cccc(Cl)c4)c(=O)c3OCC3(C)CC3)CC2)cc1[N+](=O)[O-]. The molecular formula is C56H62Cl2N10O12S2. The number of hydrogen-bond donors (Lipinski definition) is 1. The second kappa shape index (κ2) is 23.9. The van der Waals surface area contributed by atoms with Gasteiger partial charge in [0.05, 0.1) is 59.0 Å². The van der Waals surface area contributed by atoms with Crippen molar-refractivity contribution in [1.82, 2.24) is 28.2 Å². The molecule has 6 aromatic rings. The Morgan fingerprint density at radius 1 is 0.622 bits per heavy atom. The van der Waals surface area contributed by atoms with Gasteiger partial charge in [0.1, 0.15) is 11.4 Å². The van der Waals surface area contributed by atoms with Crippen molar-refractivity contribution in [1.29, 1.82) is 0 Å². The highest BCUT2D eigenvalue weighted by Crippen LogP contribution is 2.46. The molecule has 0 radical (unpaired) electrons. The first-order valence-electron chi connectivity index (χ1n) is 26.5. The lowest BCUT2D eigenvalue weighted by Gasteiger charge is -2.35. The Labute approximate surface area is 484 Å². The molecule has 4 aliphatic rings. The van der Waals surface area contributed by atoms with E-state index in [1.165, 1.54) is 50.0 Å². The molecule has 0 atom stereocenters. The van der Waals surface area contributed by atoms with E-state index in [1.54, 1.807) is 73.1 Å². The number of nitrogens with zero attached hydrogens (tertiary/aromatic N) is 9. The molecule has 82 heavy (non-hydrogen) atoms. The van der Waals surface area contributed by atoms with Crippen molar-refractivity contribution < 1.29 is 40.8 Å². The monoisotopic (exact) mass is 1200 g/mol. The number of piperazine rings is 2. The van der Waals surface area contributed by atoms with Crippen LogP contribution in [0.4, 0.5) is 22.7 Å². The number of nitro groups is 1. The first-order valence-corrected chi connectivity index (χ1v) is 30.5. The fraction of sp³-hybridized carbons (Fsp3) is 0.393. The molecule has 2 saturated heterocycles. The van der Waals surface area contributed by atoms with Gasteiger partial charge in [-0.05, 0) is 105 Å². The molecule has 0 amide bonds. The molecule has 0 spiro atoms. The highest BCUT2D eigenvalue weighted by molar-refractivity contribution is 7.88. The zero-order valence-electron chi connectivity index (χ0n) is 45.6. The van der Waals surface area contributed by atoms with E-state index >= 15 is 0 Å². The smallest absolute Gasteiger partial charge is 0.316 e. The number of nitrogens with two attached hydrogens (primary N) is 1. The second-order valence-electron chi connectivity index (χ2n) is 21.7.